The van der Waals surface area contributed by atoms with Gasteiger partial charge in [0.25, 0.3) is 0 Å². The number of hydrogen-bond donors (Lipinski definition) is 1. The van der Waals surface area contributed by atoms with E-state index in [2.05, 4.69) is 5.32 Å². The van der Waals surface area contributed by atoms with Crippen LogP contribution in [0.25, 0.3) is 0 Å². The number of rotatable bonds is 3. The highest BCUT2D eigenvalue weighted by Gasteiger charge is 2.38. The molecule has 7 heteroatoms. The zero-order valence-electron chi connectivity index (χ0n) is 10.7. The van der Waals surface area contributed by atoms with Crippen molar-refractivity contribution in [2.24, 2.45) is 0 Å². The van der Waals surface area contributed by atoms with Crippen LogP contribution in [-0.4, -0.2) is 25.3 Å². The number of carbonyl (C=O) groups is 1. The van der Waals surface area contributed by atoms with E-state index in [9.17, 15) is 17.6 Å². The van der Waals surface area contributed by atoms with Crippen LogP contribution < -0.4 is 5.32 Å². The van der Waals surface area contributed by atoms with Crippen LogP contribution in [-0.2, 0) is 14.6 Å². The number of carbonyl (C=O) groups excluding carboxylic acids is 1. The fourth-order valence-corrected chi connectivity index (χ4v) is 1.53. The predicted molar refractivity (Wildman–Crippen MR) is 68.7 cm³/mol. The molecule has 102 valence electrons. The summed E-state index contributed by atoms with van der Waals surface area (Å²) in [6, 6.07) is 5.06. The van der Waals surface area contributed by atoms with E-state index in [1.165, 1.54) is 19.9 Å². The first-order valence-electron chi connectivity index (χ1n) is 5.30. The van der Waals surface area contributed by atoms with Gasteiger partial charge in [0, 0.05) is 11.9 Å². The zero-order valence-corrected chi connectivity index (χ0v) is 11.5. The third kappa shape index (κ3) is 3.09. The minimum absolute atomic E-state index is 0.166. The highest BCUT2D eigenvalue weighted by atomic mass is 32.2. The lowest BCUT2D eigenvalue weighted by molar-refractivity contribution is -0.117. The first-order valence-corrected chi connectivity index (χ1v) is 7.19. The SMILES string of the molecule is CC(C)(C(=O)Nc1ccc(F)c(C#N)c1)S(C)(=O)=O. The molecule has 0 aliphatic carbocycles. The predicted octanol–water partition coefficient (Wildman–Crippen LogP) is 1.46. The van der Waals surface area contributed by atoms with E-state index in [-0.39, 0.29) is 11.3 Å². The third-order valence-electron chi connectivity index (χ3n) is 2.82. The van der Waals surface area contributed by atoms with Gasteiger partial charge in [-0.3, -0.25) is 4.79 Å². The number of nitrogens with zero attached hydrogens (tertiary/aromatic N) is 1. The van der Waals surface area contributed by atoms with Crippen molar-refractivity contribution in [3.05, 3.63) is 29.6 Å². The normalized spacial score (nSPS) is 11.7. The molecule has 0 radical (unpaired) electrons. The van der Waals surface area contributed by atoms with Crippen LogP contribution >= 0.6 is 0 Å². The van der Waals surface area contributed by atoms with E-state index >= 15 is 0 Å². The minimum Gasteiger partial charge on any atom is -0.325 e. The fraction of sp³-hybridized carbons (Fsp3) is 0.333. The summed E-state index contributed by atoms with van der Waals surface area (Å²) in [6.07, 6.45) is 0.956. The van der Waals surface area contributed by atoms with E-state index in [0.717, 1.165) is 18.4 Å². The maximum atomic E-state index is 13.1. The standard InChI is InChI=1S/C12H13FN2O3S/c1-12(2,19(3,17)18)11(16)15-9-4-5-10(13)8(6-9)7-14/h4-6H,1-3H3,(H,15,16). The highest BCUT2D eigenvalue weighted by molar-refractivity contribution is 7.92. The molecular formula is C12H13FN2O3S. The van der Waals surface area contributed by atoms with E-state index in [1.54, 1.807) is 6.07 Å². The second kappa shape index (κ2) is 4.97. The summed E-state index contributed by atoms with van der Waals surface area (Å²) in [5.74, 6) is -1.45. The molecule has 0 heterocycles. The molecule has 0 fully saturated rings. The molecule has 0 bridgehead atoms. The van der Waals surface area contributed by atoms with Crippen molar-refractivity contribution < 1.29 is 17.6 Å². The topological polar surface area (TPSA) is 87.0 Å². The summed E-state index contributed by atoms with van der Waals surface area (Å²) in [5, 5.41) is 11.0. The Morgan fingerprint density at radius 2 is 2.00 bits per heavy atom. The Hall–Kier alpha value is -1.94. The van der Waals surface area contributed by atoms with E-state index < -0.39 is 26.3 Å². The highest BCUT2D eigenvalue weighted by Crippen LogP contribution is 2.20. The number of nitrogens with one attached hydrogen (secondary N) is 1. The smallest absolute Gasteiger partial charge is 0.245 e. The van der Waals surface area contributed by atoms with Gasteiger partial charge in [0.05, 0.1) is 5.56 Å². The Labute approximate surface area is 111 Å². The molecule has 0 saturated carbocycles. The lowest BCUT2D eigenvalue weighted by Crippen LogP contribution is -2.43. The number of halogens is 1. The Kier molecular flexibility index (Phi) is 3.96. The van der Waals surface area contributed by atoms with Crippen LogP contribution in [0.3, 0.4) is 0 Å². The maximum Gasteiger partial charge on any atom is 0.245 e. The minimum atomic E-state index is -3.60. The maximum absolute atomic E-state index is 13.1. The van der Waals surface area contributed by atoms with Crippen molar-refractivity contribution in [3.8, 4) is 6.07 Å². The number of benzene rings is 1. The lowest BCUT2D eigenvalue weighted by Gasteiger charge is -2.21. The number of nitriles is 1. The van der Waals surface area contributed by atoms with Gasteiger partial charge in [-0.25, -0.2) is 12.8 Å². The third-order valence-corrected chi connectivity index (χ3v) is 4.86. The van der Waals surface area contributed by atoms with E-state index in [1.807, 2.05) is 0 Å². The van der Waals surface area contributed by atoms with Gasteiger partial charge in [-0.15, -0.1) is 0 Å². The Morgan fingerprint density at radius 3 is 2.47 bits per heavy atom. The molecule has 1 aromatic rings. The number of anilines is 1. The Bertz CT molecular complexity index is 660. The first-order chi connectivity index (χ1) is 8.59. The van der Waals surface area contributed by atoms with Crippen LogP contribution in [0.15, 0.2) is 18.2 Å². The largest absolute Gasteiger partial charge is 0.325 e. The van der Waals surface area contributed by atoms with Crippen molar-refractivity contribution >= 4 is 21.4 Å². The van der Waals surface area contributed by atoms with Gasteiger partial charge in [0.2, 0.25) is 5.91 Å². The molecule has 0 saturated heterocycles. The molecule has 0 atom stereocenters. The zero-order chi connectivity index (χ0) is 14.8. The molecule has 0 spiro atoms. The van der Waals surface area contributed by atoms with Crippen molar-refractivity contribution in [1.82, 2.24) is 0 Å². The molecule has 1 amide bonds. The van der Waals surface area contributed by atoms with Crippen LogP contribution in [0.1, 0.15) is 19.4 Å². The molecule has 0 unspecified atom stereocenters. The van der Waals surface area contributed by atoms with E-state index in [4.69, 9.17) is 5.26 Å². The van der Waals surface area contributed by atoms with Gasteiger partial charge in [-0.05, 0) is 32.0 Å². The summed E-state index contributed by atoms with van der Waals surface area (Å²) < 4.78 is 34.5. The number of amides is 1. The van der Waals surface area contributed by atoms with Gasteiger partial charge in [0.1, 0.15) is 16.6 Å². The van der Waals surface area contributed by atoms with Crippen molar-refractivity contribution in [1.29, 1.82) is 5.26 Å². The Balaban J connectivity index is 3.05. The quantitative estimate of drug-likeness (QED) is 0.910. The van der Waals surface area contributed by atoms with Gasteiger partial charge >= 0.3 is 0 Å². The van der Waals surface area contributed by atoms with Crippen LogP contribution in [0.5, 0.6) is 0 Å². The molecule has 1 aromatic carbocycles. The van der Waals surface area contributed by atoms with Crippen LogP contribution in [0.4, 0.5) is 10.1 Å². The summed E-state index contributed by atoms with van der Waals surface area (Å²) in [6.45, 7) is 2.54. The van der Waals surface area contributed by atoms with Gasteiger partial charge in [0.15, 0.2) is 9.84 Å². The van der Waals surface area contributed by atoms with Crippen molar-refractivity contribution in [2.45, 2.75) is 18.6 Å². The molecule has 0 aliphatic rings. The number of sulfone groups is 1. The summed E-state index contributed by atoms with van der Waals surface area (Å²) in [5.41, 5.74) is -0.0605. The van der Waals surface area contributed by atoms with Crippen LogP contribution in [0, 0.1) is 17.1 Å². The molecule has 0 aliphatic heterocycles. The average molecular weight is 284 g/mol. The van der Waals surface area contributed by atoms with Gasteiger partial charge in [-0.2, -0.15) is 5.26 Å². The molecule has 1 rings (SSSR count). The van der Waals surface area contributed by atoms with Crippen molar-refractivity contribution in [3.63, 3.8) is 0 Å². The summed E-state index contributed by atoms with van der Waals surface area (Å²) in [4.78, 5) is 11.9. The van der Waals surface area contributed by atoms with Gasteiger partial charge < -0.3 is 5.32 Å². The second-order valence-corrected chi connectivity index (χ2v) is 7.11. The van der Waals surface area contributed by atoms with Gasteiger partial charge in [-0.1, -0.05) is 0 Å². The van der Waals surface area contributed by atoms with Crippen molar-refractivity contribution in [2.75, 3.05) is 11.6 Å². The Morgan fingerprint density at radius 1 is 1.42 bits per heavy atom. The fourth-order valence-electron chi connectivity index (χ4n) is 1.14. The molecule has 0 aromatic heterocycles. The molecule has 5 nitrogen and oxygen atoms in total. The summed E-state index contributed by atoms with van der Waals surface area (Å²) in [7, 11) is -3.60. The molecule has 19 heavy (non-hydrogen) atoms. The lowest BCUT2D eigenvalue weighted by atomic mass is 10.1. The van der Waals surface area contributed by atoms with Crippen LogP contribution in [0.2, 0.25) is 0 Å². The number of hydrogen-bond acceptors (Lipinski definition) is 4. The van der Waals surface area contributed by atoms with E-state index in [0.29, 0.717) is 0 Å². The second-order valence-electron chi connectivity index (χ2n) is 4.54. The monoisotopic (exact) mass is 284 g/mol. The first kappa shape index (κ1) is 15.1. The average Bonchev–Trinajstić information content (AvgIpc) is 2.30. The molecular weight excluding hydrogens is 271 g/mol. The summed E-state index contributed by atoms with van der Waals surface area (Å²) >= 11 is 0. The molecule has 1 N–H and O–H groups in total.